The molecule has 152 valence electrons. The molecule has 2 unspecified atom stereocenters. The van der Waals surface area contributed by atoms with Crippen LogP contribution in [-0.2, 0) is 11.3 Å². The molecular weight excluding hydrogens is 398 g/mol. The molecule has 2 aromatic heterocycles. The number of ketones is 1. The van der Waals surface area contributed by atoms with Gasteiger partial charge in [-0.05, 0) is 34.9 Å². The Morgan fingerprint density at radius 3 is 2.87 bits per heavy atom. The topological polar surface area (TPSA) is 85.7 Å². The maximum absolute atomic E-state index is 13.7. The van der Waals surface area contributed by atoms with Gasteiger partial charge in [0, 0.05) is 29.3 Å². The molecule has 0 aliphatic carbocycles. The standard InChI is InChI=1S/C22H21N5O2S/c28-20(18-13-23-19-11-5-4-10-17(18)19)21(15-7-2-1-3-8-15)30-22-24-25-26-27(22)14-16-9-6-12-29-16/h1-5,7-8,10-11,13,16,21,23H,6,9,12,14H2. The minimum Gasteiger partial charge on any atom is -0.376 e. The Hall–Kier alpha value is -2.97. The number of rotatable bonds is 7. The van der Waals surface area contributed by atoms with Crippen molar-refractivity contribution in [3.05, 3.63) is 71.9 Å². The first-order valence-electron chi connectivity index (χ1n) is 9.99. The number of carbonyl (C=O) groups excluding carboxylic acids is 1. The van der Waals surface area contributed by atoms with Crippen molar-refractivity contribution in [1.29, 1.82) is 0 Å². The number of fused-ring (bicyclic) bond motifs is 1. The van der Waals surface area contributed by atoms with Crippen molar-refractivity contribution >= 4 is 28.4 Å². The SMILES string of the molecule is O=C(c1c[nH]c2ccccc12)C(Sc1nnnn1CC1CCCO1)c1ccccc1. The Labute approximate surface area is 177 Å². The fourth-order valence-electron chi connectivity index (χ4n) is 3.80. The number of H-pyrrole nitrogens is 1. The van der Waals surface area contributed by atoms with Crippen molar-refractivity contribution in [2.75, 3.05) is 6.61 Å². The second kappa shape index (κ2) is 8.41. The molecule has 1 fully saturated rings. The zero-order valence-electron chi connectivity index (χ0n) is 16.3. The van der Waals surface area contributed by atoms with Gasteiger partial charge in [0.25, 0.3) is 0 Å². The van der Waals surface area contributed by atoms with E-state index in [1.807, 2.05) is 54.6 Å². The summed E-state index contributed by atoms with van der Waals surface area (Å²) in [5, 5.41) is 13.3. The third-order valence-electron chi connectivity index (χ3n) is 5.32. The smallest absolute Gasteiger partial charge is 0.210 e. The number of hydrogen-bond acceptors (Lipinski definition) is 6. The van der Waals surface area contributed by atoms with Gasteiger partial charge in [-0.25, -0.2) is 4.68 Å². The van der Waals surface area contributed by atoms with Crippen LogP contribution in [0.5, 0.6) is 0 Å². The first-order valence-corrected chi connectivity index (χ1v) is 10.9. The average Bonchev–Trinajstić information content (AvgIpc) is 3.54. The molecular formula is C22H21N5O2S. The Morgan fingerprint density at radius 1 is 1.20 bits per heavy atom. The highest BCUT2D eigenvalue weighted by atomic mass is 32.2. The average molecular weight is 420 g/mol. The molecule has 5 rings (SSSR count). The number of thioether (sulfide) groups is 1. The molecule has 7 nitrogen and oxygen atoms in total. The molecule has 2 aromatic carbocycles. The molecule has 1 N–H and O–H groups in total. The maximum atomic E-state index is 13.7. The number of nitrogens with one attached hydrogen (secondary N) is 1. The molecule has 3 heterocycles. The summed E-state index contributed by atoms with van der Waals surface area (Å²) in [4.78, 5) is 16.9. The highest BCUT2D eigenvalue weighted by molar-refractivity contribution is 8.00. The van der Waals surface area contributed by atoms with Crippen molar-refractivity contribution in [3.63, 3.8) is 0 Å². The molecule has 1 aliphatic rings. The van der Waals surface area contributed by atoms with E-state index in [9.17, 15) is 4.79 Å². The summed E-state index contributed by atoms with van der Waals surface area (Å²) in [6.07, 6.45) is 3.97. The van der Waals surface area contributed by atoms with Gasteiger partial charge >= 0.3 is 0 Å². The molecule has 2 atom stereocenters. The molecule has 0 amide bonds. The predicted octanol–water partition coefficient (Wildman–Crippen LogP) is 4.05. The van der Waals surface area contributed by atoms with Crippen LogP contribution < -0.4 is 0 Å². The van der Waals surface area contributed by atoms with Gasteiger partial charge in [-0.3, -0.25) is 4.79 Å². The number of nitrogens with zero attached hydrogens (tertiary/aromatic N) is 4. The van der Waals surface area contributed by atoms with E-state index in [4.69, 9.17) is 4.74 Å². The highest BCUT2D eigenvalue weighted by Gasteiger charge is 2.28. The lowest BCUT2D eigenvalue weighted by molar-refractivity contribution is 0.0911. The summed E-state index contributed by atoms with van der Waals surface area (Å²) >= 11 is 1.38. The quantitative estimate of drug-likeness (QED) is 0.359. The van der Waals surface area contributed by atoms with Crippen LogP contribution in [0.3, 0.4) is 0 Å². The predicted molar refractivity (Wildman–Crippen MR) is 114 cm³/mol. The third-order valence-corrected chi connectivity index (χ3v) is 6.54. The summed E-state index contributed by atoms with van der Waals surface area (Å²) in [7, 11) is 0. The molecule has 0 bridgehead atoms. The molecule has 4 aromatic rings. The van der Waals surface area contributed by atoms with Crippen molar-refractivity contribution < 1.29 is 9.53 Å². The van der Waals surface area contributed by atoms with Crippen LogP contribution >= 0.6 is 11.8 Å². The Kier molecular flexibility index (Phi) is 5.33. The zero-order valence-corrected chi connectivity index (χ0v) is 17.1. The van der Waals surface area contributed by atoms with E-state index in [0.717, 1.165) is 35.9 Å². The number of tetrazole rings is 1. The fourth-order valence-corrected chi connectivity index (χ4v) is 4.85. The van der Waals surface area contributed by atoms with E-state index >= 15 is 0 Å². The van der Waals surface area contributed by atoms with E-state index in [1.54, 1.807) is 10.9 Å². The molecule has 8 heteroatoms. The van der Waals surface area contributed by atoms with Gasteiger partial charge in [-0.15, -0.1) is 5.10 Å². The molecule has 0 radical (unpaired) electrons. The number of benzene rings is 2. The summed E-state index contributed by atoms with van der Waals surface area (Å²) in [5.74, 6) is 0.0234. The second-order valence-corrected chi connectivity index (χ2v) is 8.37. The Morgan fingerprint density at radius 2 is 2.03 bits per heavy atom. The lowest BCUT2D eigenvalue weighted by atomic mass is 10.0. The maximum Gasteiger partial charge on any atom is 0.210 e. The van der Waals surface area contributed by atoms with Crippen LogP contribution in [0.1, 0.15) is 34.0 Å². The number of para-hydroxylation sites is 1. The Balaban J connectivity index is 1.48. The van der Waals surface area contributed by atoms with Gasteiger partial charge in [0.15, 0.2) is 5.78 Å². The van der Waals surface area contributed by atoms with E-state index in [1.165, 1.54) is 11.8 Å². The van der Waals surface area contributed by atoms with Crippen LogP contribution in [0.25, 0.3) is 10.9 Å². The summed E-state index contributed by atoms with van der Waals surface area (Å²) in [5.41, 5.74) is 2.54. The number of hydrogen-bond donors (Lipinski definition) is 1. The van der Waals surface area contributed by atoms with Gasteiger partial charge in [0.1, 0.15) is 5.25 Å². The number of aromatic nitrogens is 5. The van der Waals surface area contributed by atoms with Crippen molar-refractivity contribution in [2.45, 2.75) is 35.9 Å². The molecule has 1 saturated heterocycles. The number of Topliss-reactive ketones (excluding diaryl/α,β-unsaturated/α-hetero) is 1. The molecule has 1 aliphatic heterocycles. The lowest BCUT2D eigenvalue weighted by Crippen LogP contribution is -2.18. The van der Waals surface area contributed by atoms with Crippen LogP contribution in [-0.4, -0.2) is 43.7 Å². The van der Waals surface area contributed by atoms with Gasteiger partial charge in [-0.2, -0.15) is 0 Å². The first-order chi connectivity index (χ1) is 14.8. The van der Waals surface area contributed by atoms with Crippen LogP contribution in [0.15, 0.2) is 66.0 Å². The van der Waals surface area contributed by atoms with Gasteiger partial charge < -0.3 is 9.72 Å². The van der Waals surface area contributed by atoms with Gasteiger partial charge in [-0.1, -0.05) is 60.3 Å². The Bertz CT molecular complexity index is 1150. The van der Waals surface area contributed by atoms with Crippen LogP contribution in [0, 0.1) is 0 Å². The summed E-state index contributed by atoms with van der Waals surface area (Å²) in [6, 6.07) is 17.6. The zero-order chi connectivity index (χ0) is 20.3. The van der Waals surface area contributed by atoms with Gasteiger partial charge in [0.2, 0.25) is 5.16 Å². The largest absolute Gasteiger partial charge is 0.376 e. The third kappa shape index (κ3) is 3.76. The van der Waals surface area contributed by atoms with E-state index in [-0.39, 0.29) is 11.9 Å². The van der Waals surface area contributed by atoms with Gasteiger partial charge in [0.05, 0.1) is 12.6 Å². The van der Waals surface area contributed by atoms with Crippen LogP contribution in [0.4, 0.5) is 0 Å². The second-order valence-electron chi connectivity index (χ2n) is 7.30. The molecule has 30 heavy (non-hydrogen) atoms. The van der Waals surface area contributed by atoms with E-state index in [2.05, 4.69) is 20.5 Å². The lowest BCUT2D eigenvalue weighted by Gasteiger charge is -2.16. The minimum absolute atomic E-state index is 0.0234. The van der Waals surface area contributed by atoms with E-state index < -0.39 is 5.25 Å². The minimum atomic E-state index is -0.459. The molecule has 0 spiro atoms. The van der Waals surface area contributed by atoms with Crippen molar-refractivity contribution in [1.82, 2.24) is 25.2 Å². The number of aromatic amines is 1. The first kappa shape index (κ1) is 19.0. The van der Waals surface area contributed by atoms with Crippen molar-refractivity contribution in [3.8, 4) is 0 Å². The monoisotopic (exact) mass is 419 g/mol. The molecule has 0 saturated carbocycles. The summed E-state index contributed by atoms with van der Waals surface area (Å²) in [6.45, 7) is 1.37. The summed E-state index contributed by atoms with van der Waals surface area (Å²) < 4.78 is 7.48. The highest BCUT2D eigenvalue weighted by Crippen LogP contribution is 2.38. The number of carbonyl (C=O) groups is 1. The van der Waals surface area contributed by atoms with E-state index in [0.29, 0.717) is 17.3 Å². The van der Waals surface area contributed by atoms with Crippen molar-refractivity contribution in [2.24, 2.45) is 0 Å². The normalized spacial score (nSPS) is 17.4. The fraction of sp³-hybridized carbons (Fsp3) is 0.273. The van der Waals surface area contributed by atoms with Crippen LogP contribution in [0.2, 0.25) is 0 Å². The number of ether oxygens (including phenoxy) is 1.